The average molecular weight is 218 g/mol. The van der Waals surface area contributed by atoms with Crippen LogP contribution in [0.4, 0.5) is 0 Å². The normalized spacial score (nSPS) is 11.2. The fourth-order valence-electron chi connectivity index (χ4n) is 0.313. The van der Waals surface area contributed by atoms with E-state index >= 15 is 0 Å². The molecule has 1 N–H and O–H groups in total. The average Bonchev–Trinajstić information content (AvgIpc) is 2.09. The zero-order chi connectivity index (χ0) is 8.53. The second kappa shape index (κ2) is 7.69. The second-order valence-corrected chi connectivity index (χ2v) is 3.55. The number of halogens is 1. The molecule has 0 fully saturated rings. The summed E-state index contributed by atoms with van der Waals surface area (Å²) in [5, 5.41) is 8.10. The molecule has 0 spiro atoms. The Bertz CT molecular complexity index is 129. The van der Waals surface area contributed by atoms with E-state index in [1.165, 1.54) is 0 Å². The summed E-state index contributed by atoms with van der Waals surface area (Å²) in [6, 6.07) is 5.72. The number of pyridine rings is 1. The summed E-state index contributed by atoms with van der Waals surface area (Å²) >= 11 is 3.12. The molecule has 1 heterocycles. The van der Waals surface area contributed by atoms with E-state index in [1.807, 2.05) is 25.1 Å². The highest BCUT2D eigenvalue weighted by molar-refractivity contribution is 9.09. The van der Waals surface area contributed by atoms with Gasteiger partial charge in [0, 0.05) is 17.2 Å². The Morgan fingerprint density at radius 3 is 1.91 bits per heavy atom. The molecular formula is C8H12BrNO. The summed E-state index contributed by atoms with van der Waals surface area (Å²) in [5.74, 6) is 0. The van der Waals surface area contributed by atoms with Crippen LogP contribution in [-0.2, 0) is 0 Å². The summed E-state index contributed by atoms with van der Waals surface area (Å²) in [5.41, 5.74) is 0. The van der Waals surface area contributed by atoms with Crippen LogP contribution in [0, 0.1) is 0 Å². The van der Waals surface area contributed by atoms with E-state index in [4.69, 9.17) is 5.11 Å². The number of hydrogen-bond donors (Lipinski definition) is 1. The van der Waals surface area contributed by atoms with Crippen molar-refractivity contribution in [3.63, 3.8) is 0 Å². The quantitative estimate of drug-likeness (QED) is 0.729. The maximum Gasteiger partial charge on any atom is 0.0553 e. The van der Waals surface area contributed by atoms with E-state index < -0.39 is 0 Å². The molecule has 0 bridgehead atoms. The van der Waals surface area contributed by atoms with E-state index in [1.54, 1.807) is 12.4 Å². The Morgan fingerprint density at radius 2 is 1.82 bits per heavy atom. The molecule has 1 unspecified atom stereocenters. The summed E-state index contributed by atoms with van der Waals surface area (Å²) in [4.78, 5) is 4.04. The van der Waals surface area contributed by atoms with Gasteiger partial charge in [-0.3, -0.25) is 4.98 Å². The number of aliphatic hydroxyl groups excluding tert-OH is 1. The van der Waals surface area contributed by atoms with E-state index in [0.717, 1.165) is 0 Å². The van der Waals surface area contributed by atoms with E-state index in [-0.39, 0.29) is 11.4 Å². The SMILES string of the molecule is CC(Br)CO.c1ccncc1. The lowest BCUT2D eigenvalue weighted by atomic mass is 10.5. The van der Waals surface area contributed by atoms with Gasteiger partial charge in [-0.2, -0.15) is 0 Å². The Hall–Kier alpha value is -0.410. The molecule has 1 aromatic rings. The van der Waals surface area contributed by atoms with Crippen molar-refractivity contribution in [2.75, 3.05) is 6.61 Å². The van der Waals surface area contributed by atoms with Gasteiger partial charge in [0.25, 0.3) is 0 Å². The number of aromatic nitrogens is 1. The summed E-state index contributed by atoms with van der Waals surface area (Å²) in [6.07, 6.45) is 3.50. The van der Waals surface area contributed by atoms with Crippen LogP contribution in [0.3, 0.4) is 0 Å². The third-order valence-corrected chi connectivity index (χ3v) is 1.11. The summed E-state index contributed by atoms with van der Waals surface area (Å²) < 4.78 is 0. The lowest BCUT2D eigenvalue weighted by molar-refractivity contribution is 0.302. The monoisotopic (exact) mass is 217 g/mol. The number of alkyl halides is 1. The molecule has 0 saturated carbocycles. The van der Waals surface area contributed by atoms with Gasteiger partial charge in [-0.25, -0.2) is 0 Å². The molecule has 1 rings (SSSR count). The van der Waals surface area contributed by atoms with Gasteiger partial charge >= 0.3 is 0 Å². The van der Waals surface area contributed by atoms with Crippen LogP contribution < -0.4 is 0 Å². The van der Waals surface area contributed by atoms with Gasteiger partial charge in [0.2, 0.25) is 0 Å². The van der Waals surface area contributed by atoms with Crippen molar-refractivity contribution in [1.82, 2.24) is 4.98 Å². The van der Waals surface area contributed by atoms with Crippen LogP contribution in [0.5, 0.6) is 0 Å². The highest BCUT2D eigenvalue weighted by atomic mass is 79.9. The van der Waals surface area contributed by atoms with Crippen LogP contribution in [0.1, 0.15) is 6.92 Å². The zero-order valence-corrected chi connectivity index (χ0v) is 8.03. The molecule has 0 radical (unpaired) electrons. The van der Waals surface area contributed by atoms with Crippen molar-refractivity contribution in [2.24, 2.45) is 0 Å². The van der Waals surface area contributed by atoms with Crippen molar-refractivity contribution in [3.05, 3.63) is 30.6 Å². The van der Waals surface area contributed by atoms with Crippen LogP contribution in [-0.4, -0.2) is 21.5 Å². The molecule has 0 amide bonds. The van der Waals surface area contributed by atoms with Crippen LogP contribution in [0.2, 0.25) is 0 Å². The van der Waals surface area contributed by atoms with Crippen LogP contribution in [0.15, 0.2) is 30.6 Å². The van der Waals surface area contributed by atoms with E-state index in [2.05, 4.69) is 20.9 Å². The van der Waals surface area contributed by atoms with E-state index in [0.29, 0.717) is 0 Å². The van der Waals surface area contributed by atoms with Gasteiger partial charge in [-0.1, -0.05) is 28.9 Å². The Balaban J connectivity index is 0.000000187. The molecule has 0 saturated heterocycles. The molecule has 62 valence electrons. The molecule has 1 aromatic heterocycles. The lowest BCUT2D eigenvalue weighted by Crippen LogP contribution is -1.93. The van der Waals surface area contributed by atoms with Crippen molar-refractivity contribution >= 4 is 15.9 Å². The number of rotatable bonds is 1. The topological polar surface area (TPSA) is 33.1 Å². The first kappa shape index (κ1) is 10.6. The standard InChI is InChI=1S/C5H5N.C3H7BrO/c1-2-4-6-5-3-1;1-3(4)2-5/h1-5H;3,5H,2H2,1H3. The van der Waals surface area contributed by atoms with Crippen molar-refractivity contribution in [2.45, 2.75) is 11.8 Å². The Kier molecular flexibility index (Phi) is 7.41. The van der Waals surface area contributed by atoms with Gasteiger partial charge in [-0.05, 0) is 12.1 Å². The molecule has 1 atom stereocenters. The van der Waals surface area contributed by atoms with Crippen LogP contribution >= 0.6 is 15.9 Å². The molecule has 11 heavy (non-hydrogen) atoms. The number of nitrogens with zero attached hydrogens (tertiary/aromatic N) is 1. The molecule has 3 heteroatoms. The molecule has 2 nitrogen and oxygen atoms in total. The molecule has 0 aliphatic carbocycles. The highest BCUT2D eigenvalue weighted by Crippen LogP contribution is 1.91. The summed E-state index contributed by atoms with van der Waals surface area (Å²) in [6.45, 7) is 2.11. The maximum absolute atomic E-state index is 8.10. The Labute approximate surface area is 75.4 Å². The van der Waals surface area contributed by atoms with Crippen molar-refractivity contribution < 1.29 is 5.11 Å². The minimum atomic E-state index is 0.222. The molecule has 0 aliphatic heterocycles. The second-order valence-electron chi connectivity index (χ2n) is 1.99. The van der Waals surface area contributed by atoms with Gasteiger partial charge in [0.15, 0.2) is 0 Å². The largest absolute Gasteiger partial charge is 0.395 e. The van der Waals surface area contributed by atoms with Gasteiger partial charge < -0.3 is 5.11 Å². The maximum atomic E-state index is 8.10. The fraction of sp³-hybridized carbons (Fsp3) is 0.375. The zero-order valence-electron chi connectivity index (χ0n) is 6.44. The predicted molar refractivity (Wildman–Crippen MR) is 49.7 cm³/mol. The fourth-order valence-corrected chi connectivity index (χ4v) is 0.313. The Morgan fingerprint density at radius 1 is 1.36 bits per heavy atom. The third kappa shape index (κ3) is 9.59. The minimum Gasteiger partial charge on any atom is -0.395 e. The molecule has 0 aromatic carbocycles. The van der Waals surface area contributed by atoms with Crippen molar-refractivity contribution in [1.29, 1.82) is 0 Å². The first-order chi connectivity index (χ1) is 5.27. The van der Waals surface area contributed by atoms with Crippen molar-refractivity contribution in [3.8, 4) is 0 Å². The molecular weight excluding hydrogens is 206 g/mol. The predicted octanol–water partition coefficient (Wildman–Crippen LogP) is 1.84. The first-order valence-corrected chi connectivity index (χ1v) is 4.29. The van der Waals surface area contributed by atoms with Gasteiger partial charge in [0.05, 0.1) is 6.61 Å². The summed E-state index contributed by atoms with van der Waals surface area (Å²) in [7, 11) is 0. The number of aliphatic hydroxyl groups is 1. The van der Waals surface area contributed by atoms with Gasteiger partial charge in [0.1, 0.15) is 0 Å². The molecule has 0 aliphatic rings. The van der Waals surface area contributed by atoms with Gasteiger partial charge in [-0.15, -0.1) is 0 Å². The van der Waals surface area contributed by atoms with E-state index in [9.17, 15) is 0 Å². The smallest absolute Gasteiger partial charge is 0.0553 e. The number of hydrogen-bond acceptors (Lipinski definition) is 2. The highest BCUT2D eigenvalue weighted by Gasteiger charge is 1.84. The first-order valence-electron chi connectivity index (χ1n) is 3.37. The lowest BCUT2D eigenvalue weighted by Gasteiger charge is -1.87. The minimum absolute atomic E-state index is 0.222. The third-order valence-electron chi connectivity index (χ3n) is 0.818. The van der Waals surface area contributed by atoms with Crippen LogP contribution in [0.25, 0.3) is 0 Å².